The van der Waals surface area contributed by atoms with Gasteiger partial charge in [-0.1, -0.05) is 0 Å². The first-order chi connectivity index (χ1) is 8.13. The number of anilines is 1. The Labute approximate surface area is 101 Å². The first-order valence-electron chi connectivity index (χ1n) is 4.73. The summed E-state index contributed by atoms with van der Waals surface area (Å²) in [4.78, 5) is 24.9. The number of amides is 1. The summed E-state index contributed by atoms with van der Waals surface area (Å²) in [5.74, 6) is -0.222. The van der Waals surface area contributed by atoms with E-state index < -0.39 is 4.92 Å². The van der Waals surface area contributed by atoms with Crippen molar-refractivity contribution in [2.75, 3.05) is 32.1 Å². The second-order valence-electron chi connectivity index (χ2n) is 2.96. The lowest BCUT2D eigenvalue weighted by Crippen LogP contribution is -2.32. The summed E-state index contributed by atoms with van der Waals surface area (Å²) in [5, 5.41) is 16.0. The van der Waals surface area contributed by atoms with Gasteiger partial charge in [-0.15, -0.1) is 0 Å². The van der Waals surface area contributed by atoms with E-state index in [1.54, 1.807) is 7.11 Å². The predicted molar refractivity (Wildman–Crippen MR) is 62.1 cm³/mol. The Bertz CT molecular complexity index is 395. The van der Waals surface area contributed by atoms with Crippen LogP contribution in [0.15, 0.2) is 6.20 Å². The fraction of sp³-hybridized carbons (Fsp3) is 0.500. The molecule has 0 aromatic carbocycles. The van der Waals surface area contributed by atoms with Crippen molar-refractivity contribution in [1.82, 2.24) is 10.3 Å². The minimum Gasteiger partial charge on any atom is -0.383 e. The van der Waals surface area contributed by atoms with E-state index in [0.717, 1.165) is 17.5 Å². The standard InChI is InChI=1S/C8H12N4O4S/c1-16-3-2-9-6(13)4-10-8-11-5-7(17-8)12(14)15/h5H,2-4H2,1H3,(H,9,13)(H,10,11). The molecule has 0 aliphatic heterocycles. The zero-order valence-corrected chi connectivity index (χ0v) is 9.95. The van der Waals surface area contributed by atoms with E-state index in [1.165, 1.54) is 0 Å². The summed E-state index contributed by atoms with van der Waals surface area (Å²) in [7, 11) is 1.54. The van der Waals surface area contributed by atoms with Crippen molar-refractivity contribution in [2.24, 2.45) is 0 Å². The molecule has 9 heteroatoms. The van der Waals surface area contributed by atoms with Gasteiger partial charge in [0.05, 0.1) is 18.1 Å². The second kappa shape index (κ2) is 6.76. The molecule has 0 fully saturated rings. The molecular formula is C8H12N4O4S. The quantitative estimate of drug-likeness (QED) is 0.413. The van der Waals surface area contributed by atoms with Gasteiger partial charge in [-0.25, -0.2) is 4.98 Å². The highest BCUT2D eigenvalue weighted by Crippen LogP contribution is 2.24. The topological polar surface area (TPSA) is 106 Å². The Morgan fingerprint density at radius 2 is 2.47 bits per heavy atom. The molecule has 1 aromatic rings. The summed E-state index contributed by atoms with van der Waals surface area (Å²) in [6, 6.07) is 0. The smallest absolute Gasteiger partial charge is 0.345 e. The molecule has 0 saturated heterocycles. The number of nitro groups is 1. The summed E-state index contributed by atoms with van der Waals surface area (Å²) < 4.78 is 4.76. The van der Waals surface area contributed by atoms with E-state index in [1.807, 2.05) is 0 Å². The number of nitrogens with one attached hydrogen (secondary N) is 2. The maximum absolute atomic E-state index is 11.2. The number of hydrogen-bond donors (Lipinski definition) is 2. The van der Waals surface area contributed by atoms with Crippen LogP contribution in [0.1, 0.15) is 0 Å². The van der Waals surface area contributed by atoms with Crippen molar-refractivity contribution < 1.29 is 14.5 Å². The van der Waals surface area contributed by atoms with Gasteiger partial charge in [0.2, 0.25) is 5.91 Å². The molecule has 2 N–H and O–H groups in total. The van der Waals surface area contributed by atoms with Gasteiger partial charge in [0.1, 0.15) is 6.20 Å². The predicted octanol–water partition coefficient (Wildman–Crippen LogP) is 0.226. The van der Waals surface area contributed by atoms with Crippen molar-refractivity contribution in [2.45, 2.75) is 0 Å². The molecule has 17 heavy (non-hydrogen) atoms. The average Bonchev–Trinajstić information content (AvgIpc) is 2.75. The third-order valence-electron chi connectivity index (χ3n) is 1.70. The Hall–Kier alpha value is -1.74. The number of aromatic nitrogens is 1. The van der Waals surface area contributed by atoms with Gasteiger partial charge in [0, 0.05) is 13.7 Å². The Morgan fingerprint density at radius 1 is 1.71 bits per heavy atom. The normalized spacial score (nSPS) is 9.94. The zero-order valence-electron chi connectivity index (χ0n) is 9.13. The lowest BCUT2D eigenvalue weighted by molar-refractivity contribution is -0.380. The highest BCUT2D eigenvalue weighted by molar-refractivity contribution is 7.18. The molecule has 0 unspecified atom stereocenters. The van der Waals surface area contributed by atoms with Gasteiger partial charge in [-0.2, -0.15) is 0 Å². The number of hydrogen-bond acceptors (Lipinski definition) is 7. The van der Waals surface area contributed by atoms with Crippen LogP contribution in [-0.2, 0) is 9.53 Å². The van der Waals surface area contributed by atoms with Crippen LogP contribution in [0.25, 0.3) is 0 Å². The van der Waals surface area contributed by atoms with Crippen LogP contribution < -0.4 is 10.6 Å². The van der Waals surface area contributed by atoms with Crippen LogP contribution in [0, 0.1) is 10.1 Å². The number of rotatable bonds is 7. The Balaban J connectivity index is 2.29. The number of thiazole rings is 1. The molecule has 0 saturated carbocycles. The SMILES string of the molecule is COCCNC(=O)CNc1ncc([N+](=O)[O-])s1. The molecule has 1 amide bonds. The maximum Gasteiger partial charge on any atom is 0.345 e. The van der Waals surface area contributed by atoms with Gasteiger partial charge in [-0.05, 0) is 11.3 Å². The molecular weight excluding hydrogens is 248 g/mol. The van der Waals surface area contributed by atoms with Crippen LogP contribution in [0.5, 0.6) is 0 Å². The summed E-state index contributed by atoms with van der Waals surface area (Å²) in [6.07, 6.45) is 1.15. The third kappa shape index (κ3) is 4.74. The van der Waals surface area contributed by atoms with Gasteiger partial charge in [0.25, 0.3) is 0 Å². The highest BCUT2D eigenvalue weighted by atomic mass is 32.1. The molecule has 94 valence electrons. The molecule has 0 bridgehead atoms. The number of carbonyl (C=O) groups excluding carboxylic acids is 1. The molecule has 1 aromatic heterocycles. The molecule has 1 heterocycles. The lowest BCUT2D eigenvalue weighted by atomic mass is 10.5. The van der Waals surface area contributed by atoms with E-state index in [0.29, 0.717) is 18.3 Å². The molecule has 0 atom stereocenters. The summed E-state index contributed by atoms with van der Waals surface area (Å²) in [5.41, 5.74) is 0. The van der Waals surface area contributed by atoms with E-state index in [-0.39, 0.29) is 17.5 Å². The summed E-state index contributed by atoms with van der Waals surface area (Å²) in [6.45, 7) is 0.887. The minimum absolute atomic E-state index is 0.0222. The average molecular weight is 260 g/mol. The number of methoxy groups -OCH3 is 1. The largest absolute Gasteiger partial charge is 0.383 e. The molecule has 1 rings (SSSR count). The van der Waals surface area contributed by atoms with Crippen LogP contribution in [0.2, 0.25) is 0 Å². The molecule has 0 aliphatic carbocycles. The number of nitrogens with zero attached hydrogens (tertiary/aromatic N) is 2. The highest BCUT2D eigenvalue weighted by Gasteiger charge is 2.11. The van der Waals surface area contributed by atoms with E-state index >= 15 is 0 Å². The van der Waals surface area contributed by atoms with E-state index in [4.69, 9.17) is 4.74 Å². The zero-order chi connectivity index (χ0) is 12.7. The molecule has 0 radical (unpaired) electrons. The Morgan fingerprint density at radius 3 is 3.06 bits per heavy atom. The number of ether oxygens (including phenoxy) is 1. The van der Waals surface area contributed by atoms with Crippen molar-refractivity contribution in [3.63, 3.8) is 0 Å². The van der Waals surface area contributed by atoms with Crippen LogP contribution in [0.3, 0.4) is 0 Å². The van der Waals surface area contributed by atoms with Crippen molar-refractivity contribution in [3.8, 4) is 0 Å². The maximum atomic E-state index is 11.2. The molecule has 8 nitrogen and oxygen atoms in total. The number of carbonyl (C=O) groups is 1. The fourth-order valence-electron chi connectivity index (χ4n) is 0.943. The molecule has 0 aliphatic rings. The van der Waals surface area contributed by atoms with Crippen LogP contribution in [-0.4, -0.2) is 42.6 Å². The third-order valence-corrected chi connectivity index (χ3v) is 2.61. The minimum atomic E-state index is -0.526. The summed E-state index contributed by atoms with van der Waals surface area (Å²) >= 11 is 0.885. The molecule has 0 spiro atoms. The van der Waals surface area contributed by atoms with E-state index in [2.05, 4.69) is 15.6 Å². The van der Waals surface area contributed by atoms with Crippen molar-refractivity contribution in [1.29, 1.82) is 0 Å². The van der Waals surface area contributed by atoms with Crippen LogP contribution in [0.4, 0.5) is 10.1 Å². The van der Waals surface area contributed by atoms with Gasteiger partial charge in [-0.3, -0.25) is 14.9 Å². The monoisotopic (exact) mass is 260 g/mol. The van der Waals surface area contributed by atoms with Crippen LogP contribution >= 0.6 is 11.3 Å². The van der Waals surface area contributed by atoms with Gasteiger partial charge in [0.15, 0.2) is 5.13 Å². The first-order valence-corrected chi connectivity index (χ1v) is 5.55. The van der Waals surface area contributed by atoms with Gasteiger partial charge < -0.3 is 15.4 Å². The fourth-order valence-corrected chi connectivity index (χ4v) is 1.57. The first kappa shape index (κ1) is 13.3. The van der Waals surface area contributed by atoms with Crippen molar-refractivity contribution in [3.05, 3.63) is 16.3 Å². The van der Waals surface area contributed by atoms with Gasteiger partial charge >= 0.3 is 5.00 Å². The van der Waals surface area contributed by atoms with E-state index in [9.17, 15) is 14.9 Å². The Kier molecular flexibility index (Phi) is 5.30. The second-order valence-corrected chi connectivity index (χ2v) is 3.97. The van der Waals surface area contributed by atoms with Crippen molar-refractivity contribution >= 4 is 27.4 Å². The lowest BCUT2D eigenvalue weighted by Gasteiger charge is -2.04.